The molecule has 212 valence electrons. The van der Waals surface area contributed by atoms with Gasteiger partial charge in [-0.3, -0.25) is 4.79 Å². The number of hydrogen-bond acceptors (Lipinski definition) is 8. The summed E-state index contributed by atoms with van der Waals surface area (Å²) in [7, 11) is 1.22. The highest BCUT2D eigenvalue weighted by Crippen LogP contribution is 2.38. The van der Waals surface area contributed by atoms with Gasteiger partial charge in [-0.2, -0.15) is 0 Å². The number of sulfonamides is 1. The van der Waals surface area contributed by atoms with Crippen LogP contribution in [0.2, 0.25) is 0 Å². The number of amides is 2. The molecule has 2 aliphatic heterocycles. The van der Waals surface area contributed by atoms with Crippen molar-refractivity contribution in [1.82, 2.24) is 14.2 Å². The minimum atomic E-state index is -3.52. The molecule has 39 heavy (non-hydrogen) atoms. The summed E-state index contributed by atoms with van der Waals surface area (Å²) in [6, 6.07) is 9.76. The number of pyridine rings is 1. The maximum atomic E-state index is 13.1. The van der Waals surface area contributed by atoms with Gasteiger partial charge in [0.1, 0.15) is 17.5 Å². The first-order valence-corrected chi connectivity index (χ1v) is 14.5. The van der Waals surface area contributed by atoms with Gasteiger partial charge in [-0.25, -0.2) is 22.5 Å². The van der Waals surface area contributed by atoms with Gasteiger partial charge in [0.15, 0.2) is 5.82 Å². The fourth-order valence-electron chi connectivity index (χ4n) is 4.88. The van der Waals surface area contributed by atoms with Crippen LogP contribution in [0, 0.1) is 0 Å². The van der Waals surface area contributed by atoms with E-state index in [4.69, 9.17) is 9.72 Å². The summed E-state index contributed by atoms with van der Waals surface area (Å²) >= 11 is 0. The number of benzene rings is 1. The molecule has 2 aromatic rings. The minimum absolute atomic E-state index is 0.0164. The zero-order valence-corrected chi connectivity index (χ0v) is 24.4. The summed E-state index contributed by atoms with van der Waals surface area (Å²) in [5, 5.41) is 3.25. The van der Waals surface area contributed by atoms with E-state index in [2.05, 4.69) is 10.2 Å². The Hall–Kier alpha value is -3.38. The number of likely N-dealkylation sites (N-methyl/N-ethyl adjacent to an activating group) is 1. The fraction of sp³-hybridized carbons (Fsp3) is 0.519. The summed E-state index contributed by atoms with van der Waals surface area (Å²) in [5.74, 6) is 1.25. The number of nitrogens with one attached hydrogen (secondary N) is 1. The van der Waals surface area contributed by atoms with Crippen LogP contribution in [0.25, 0.3) is 0 Å². The first kappa shape index (κ1) is 28.6. The minimum Gasteiger partial charge on any atom is -0.444 e. The van der Waals surface area contributed by atoms with Gasteiger partial charge in [-0.05, 0) is 76.9 Å². The molecule has 0 bridgehead atoms. The molecule has 2 amide bonds. The molecule has 2 aliphatic rings. The smallest absolute Gasteiger partial charge is 0.410 e. The molecule has 0 saturated carbocycles. The van der Waals surface area contributed by atoms with Gasteiger partial charge in [0.2, 0.25) is 15.9 Å². The van der Waals surface area contributed by atoms with Crippen LogP contribution in [0.3, 0.4) is 0 Å². The first-order chi connectivity index (χ1) is 18.2. The number of rotatable bonds is 5. The second-order valence-corrected chi connectivity index (χ2v) is 13.3. The quantitative estimate of drug-likeness (QED) is 0.592. The number of fused-ring (bicyclic) bond motifs is 1. The zero-order valence-electron chi connectivity index (χ0n) is 23.6. The normalized spacial score (nSPS) is 18.8. The largest absolute Gasteiger partial charge is 0.444 e. The van der Waals surface area contributed by atoms with Gasteiger partial charge in [0, 0.05) is 46.0 Å². The molecule has 1 fully saturated rings. The molecule has 0 radical (unpaired) electrons. The molecule has 12 heteroatoms. The second-order valence-electron chi connectivity index (χ2n) is 11.2. The molecule has 3 heterocycles. The highest BCUT2D eigenvalue weighted by molar-refractivity contribution is 7.89. The molecule has 11 nitrogen and oxygen atoms in total. The van der Waals surface area contributed by atoms with Gasteiger partial charge >= 0.3 is 6.09 Å². The number of likely N-dealkylation sites (tertiary alicyclic amines) is 1. The van der Waals surface area contributed by atoms with E-state index in [1.54, 1.807) is 47.2 Å². The van der Waals surface area contributed by atoms with Crippen LogP contribution in [-0.4, -0.2) is 86.5 Å². The van der Waals surface area contributed by atoms with Crippen LogP contribution >= 0.6 is 0 Å². The molecule has 0 aliphatic carbocycles. The molecule has 1 saturated heterocycles. The van der Waals surface area contributed by atoms with Gasteiger partial charge in [-0.1, -0.05) is 0 Å². The zero-order chi connectivity index (χ0) is 28.7. The van der Waals surface area contributed by atoms with E-state index in [0.717, 1.165) is 0 Å². The molecule has 1 N–H and O–H groups in total. The van der Waals surface area contributed by atoms with E-state index in [9.17, 15) is 18.0 Å². The van der Waals surface area contributed by atoms with Gasteiger partial charge in [0.25, 0.3) is 0 Å². The molecular weight excluding hydrogens is 520 g/mol. The van der Waals surface area contributed by atoms with E-state index < -0.39 is 21.7 Å². The van der Waals surface area contributed by atoms with Crippen molar-refractivity contribution in [2.24, 2.45) is 0 Å². The lowest BCUT2D eigenvalue weighted by atomic mass is 9.99. The number of aromatic nitrogens is 1. The molecular formula is C27H38N6O5S. The number of ether oxygens (including phenoxy) is 1. The van der Waals surface area contributed by atoms with Crippen molar-refractivity contribution in [1.29, 1.82) is 0 Å². The van der Waals surface area contributed by atoms with E-state index in [0.29, 0.717) is 48.9 Å². The Bertz CT molecular complexity index is 1330. The van der Waals surface area contributed by atoms with Crippen molar-refractivity contribution < 1.29 is 22.7 Å². The predicted molar refractivity (Wildman–Crippen MR) is 151 cm³/mol. The molecule has 0 unspecified atom stereocenters. The second kappa shape index (κ2) is 10.6. The van der Waals surface area contributed by atoms with Crippen LogP contribution < -0.4 is 15.1 Å². The van der Waals surface area contributed by atoms with Crippen LogP contribution in [0.4, 0.5) is 27.8 Å². The Morgan fingerprint density at radius 1 is 1.08 bits per heavy atom. The van der Waals surface area contributed by atoms with Gasteiger partial charge in [0.05, 0.1) is 10.6 Å². The van der Waals surface area contributed by atoms with Crippen LogP contribution in [0.1, 0.15) is 40.5 Å². The molecule has 0 spiro atoms. The van der Waals surface area contributed by atoms with E-state index in [1.807, 2.05) is 33.8 Å². The molecule has 4 rings (SSSR count). The lowest BCUT2D eigenvalue weighted by molar-refractivity contribution is -0.119. The fourth-order valence-corrected chi connectivity index (χ4v) is 5.78. The van der Waals surface area contributed by atoms with Gasteiger partial charge in [-0.15, -0.1) is 0 Å². The average molecular weight is 559 g/mol. The molecule has 1 aromatic heterocycles. The maximum Gasteiger partial charge on any atom is 0.410 e. The third-order valence-corrected chi connectivity index (χ3v) is 8.81. The van der Waals surface area contributed by atoms with Crippen molar-refractivity contribution in [2.75, 3.05) is 49.3 Å². The number of carbonyl (C=O) groups is 2. The van der Waals surface area contributed by atoms with E-state index in [-0.39, 0.29) is 22.9 Å². The third-order valence-electron chi connectivity index (χ3n) is 6.98. The summed E-state index contributed by atoms with van der Waals surface area (Å²) in [4.78, 5) is 36.2. The van der Waals surface area contributed by atoms with Crippen molar-refractivity contribution in [3.63, 3.8) is 0 Å². The summed E-state index contributed by atoms with van der Waals surface area (Å²) in [5.41, 5.74) is 0.843. The van der Waals surface area contributed by atoms with E-state index >= 15 is 0 Å². The van der Waals surface area contributed by atoms with Crippen molar-refractivity contribution in [2.45, 2.75) is 63.1 Å². The van der Waals surface area contributed by atoms with Crippen LogP contribution in [-0.2, 0) is 19.6 Å². The predicted octanol–water partition coefficient (Wildman–Crippen LogP) is 3.65. The van der Waals surface area contributed by atoms with Crippen LogP contribution in [0.5, 0.6) is 0 Å². The Kier molecular flexibility index (Phi) is 7.82. The number of nitrogens with zero attached hydrogens (tertiary/aromatic N) is 5. The Balaban J connectivity index is 1.56. The van der Waals surface area contributed by atoms with Crippen molar-refractivity contribution in [3.8, 4) is 0 Å². The number of piperidine rings is 1. The number of carbonyl (C=O) groups excluding carboxylic acids is 2. The monoisotopic (exact) mass is 558 g/mol. The average Bonchev–Trinajstić information content (AvgIpc) is 2.87. The number of hydrogen-bond donors (Lipinski definition) is 1. The molecule has 1 aromatic carbocycles. The van der Waals surface area contributed by atoms with E-state index in [1.165, 1.54) is 18.4 Å². The van der Waals surface area contributed by atoms with Crippen molar-refractivity contribution in [3.05, 3.63) is 36.4 Å². The summed E-state index contributed by atoms with van der Waals surface area (Å²) in [6.45, 7) is 8.49. The third kappa shape index (κ3) is 5.96. The lowest BCUT2D eigenvalue weighted by Crippen LogP contribution is -2.57. The summed E-state index contributed by atoms with van der Waals surface area (Å²) in [6.07, 6.45) is 1.04. The van der Waals surface area contributed by atoms with Crippen molar-refractivity contribution >= 4 is 45.0 Å². The maximum absolute atomic E-state index is 13.1. The number of anilines is 4. The highest BCUT2D eigenvalue weighted by atomic mass is 32.2. The van der Waals surface area contributed by atoms with Crippen LogP contribution in [0.15, 0.2) is 41.3 Å². The Morgan fingerprint density at radius 3 is 2.26 bits per heavy atom. The lowest BCUT2D eigenvalue weighted by Gasteiger charge is -2.46. The Labute approximate surface area is 230 Å². The summed E-state index contributed by atoms with van der Waals surface area (Å²) < 4.78 is 31.5. The topological polar surface area (TPSA) is 115 Å². The first-order valence-electron chi connectivity index (χ1n) is 13.0. The van der Waals surface area contributed by atoms with Gasteiger partial charge < -0.3 is 24.8 Å². The Morgan fingerprint density at radius 2 is 1.69 bits per heavy atom. The SMILES string of the molecule is C[C@@H]1C(=O)N(C)c2ccc(Nc3ccc(S(=O)(=O)N(C)C)cc3)nc2N1C1CCN(C(=O)OC(C)(C)C)CC1. The standard InChI is InChI=1S/C27H38N6O5S/c1-18-25(34)31(7)22-12-13-23(28-19-8-10-21(11-9-19)39(36,37)30(5)6)29-24(22)33(18)20-14-16-32(17-15-20)26(35)38-27(2,3)4/h8-13,18,20H,14-17H2,1-7H3,(H,28,29)/t18-/m1/s1. The highest BCUT2D eigenvalue weighted by Gasteiger charge is 2.40. The molecule has 1 atom stereocenters.